The Bertz CT molecular complexity index is 324. The molecule has 0 bridgehead atoms. The van der Waals surface area contributed by atoms with Gasteiger partial charge in [0.15, 0.2) is 0 Å². The lowest BCUT2D eigenvalue weighted by atomic mass is 10.0. The first kappa shape index (κ1) is 10.2. The van der Waals surface area contributed by atoms with E-state index in [2.05, 4.69) is 61.0 Å². The van der Waals surface area contributed by atoms with Gasteiger partial charge in [0.1, 0.15) is 0 Å². The lowest BCUT2D eigenvalue weighted by molar-refractivity contribution is 0.555. The summed E-state index contributed by atoms with van der Waals surface area (Å²) in [5, 5.41) is 0. The van der Waals surface area contributed by atoms with Crippen molar-refractivity contribution < 1.29 is 0 Å². The molecule has 0 aromatic heterocycles. The van der Waals surface area contributed by atoms with Crippen LogP contribution in [0.2, 0.25) is 0 Å². The third-order valence-corrected chi connectivity index (χ3v) is 4.51. The predicted molar refractivity (Wildman–Crippen MR) is 64.7 cm³/mol. The van der Waals surface area contributed by atoms with Gasteiger partial charge in [-0.3, -0.25) is 0 Å². The number of rotatable bonds is 2. The summed E-state index contributed by atoms with van der Waals surface area (Å²) in [6.45, 7) is 6.83. The Labute approximate surface area is 94.8 Å². The molecule has 76 valence electrons. The van der Waals surface area contributed by atoms with Crippen molar-refractivity contribution in [2.24, 2.45) is 11.3 Å². The van der Waals surface area contributed by atoms with E-state index in [1.54, 1.807) is 0 Å². The van der Waals surface area contributed by atoms with Gasteiger partial charge in [-0.2, -0.15) is 0 Å². The van der Waals surface area contributed by atoms with E-state index in [9.17, 15) is 0 Å². The molecule has 14 heavy (non-hydrogen) atoms. The predicted octanol–water partition coefficient (Wildman–Crippen LogP) is 4.48. The van der Waals surface area contributed by atoms with Gasteiger partial charge in [-0.1, -0.05) is 59.6 Å². The number of aryl methyl sites for hydroxylation is 1. The number of hydrogen-bond donors (Lipinski definition) is 0. The van der Waals surface area contributed by atoms with E-state index < -0.39 is 0 Å². The quantitative estimate of drug-likeness (QED) is 0.682. The summed E-state index contributed by atoms with van der Waals surface area (Å²) < 4.78 is 0. The van der Waals surface area contributed by atoms with Crippen LogP contribution in [-0.2, 0) is 0 Å². The van der Waals surface area contributed by atoms with Crippen LogP contribution in [0, 0.1) is 18.3 Å². The molecule has 1 saturated carbocycles. The van der Waals surface area contributed by atoms with Crippen molar-refractivity contribution in [3.63, 3.8) is 0 Å². The van der Waals surface area contributed by atoms with Crippen molar-refractivity contribution in [3.8, 4) is 0 Å². The highest BCUT2D eigenvalue weighted by Crippen LogP contribution is 2.60. The van der Waals surface area contributed by atoms with Crippen LogP contribution in [0.25, 0.3) is 0 Å². The summed E-state index contributed by atoms with van der Waals surface area (Å²) in [5.41, 5.74) is 3.30. The molecule has 0 nitrogen and oxygen atoms in total. The van der Waals surface area contributed by atoms with Gasteiger partial charge in [0, 0.05) is 4.83 Å². The van der Waals surface area contributed by atoms with E-state index in [4.69, 9.17) is 0 Å². The third-order valence-electron chi connectivity index (χ3n) is 3.34. The van der Waals surface area contributed by atoms with Gasteiger partial charge in [-0.15, -0.1) is 0 Å². The highest BCUT2D eigenvalue weighted by molar-refractivity contribution is 9.09. The zero-order valence-corrected chi connectivity index (χ0v) is 10.6. The van der Waals surface area contributed by atoms with Crippen molar-refractivity contribution >= 4 is 15.9 Å². The molecule has 0 saturated heterocycles. The summed E-state index contributed by atoms with van der Waals surface area (Å²) in [6, 6.07) is 8.87. The Balaban J connectivity index is 2.13. The Kier molecular flexibility index (Phi) is 2.46. The Hall–Kier alpha value is -0.300. The fourth-order valence-electron chi connectivity index (χ4n) is 1.99. The van der Waals surface area contributed by atoms with Gasteiger partial charge in [-0.25, -0.2) is 0 Å². The SMILES string of the molecule is Cc1ccc(C(Br)C2CC2(C)C)cc1. The standard InChI is InChI=1S/C13H17Br/c1-9-4-6-10(7-5-9)12(14)11-8-13(11,2)3/h4-7,11-12H,8H2,1-3H3. The molecule has 1 heteroatoms. The molecule has 2 unspecified atom stereocenters. The summed E-state index contributed by atoms with van der Waals surface area (Å²) in [6.07, 6.45) is 1.34. The normalized spacial score (nSPS) is 25.9. The van der Waals surface area contributed by atoms with Crippen molar-refractivity contribution in [1.29, 1.82) is 0 Å². The molecular weight excluding hydrogens is 236 g/mol. The molecule has 1 aromatic rings. The second kappa shape index (κ2) is 3.37. The zero-order valence-electron chi connectivity index (χ0n) is 9.05. The topological polar surface area (TPSA) is 0 Å². The molecule has 1 aliphatic rings. The Morgan fingerprint density at radius 2 is 1.79 bits per heavy atom. The van der Waals surface area contributed by atoms with Crippen LogP contribution in [-0.4, -0.2) is 0 Å². The molecule has 2 atom stereocenters. The number of hydrogen-bond acceptors (Lipinski definition) is 0. The van der Waals surface area contributed by atoms with Gasteiger partial charge in [-0.05, 0) is 30.2 Å². The van der Waals surface area contributed by atoms with Gasteiger partial charge >= 0.3 is 0 Å². The molecule has 0 radical (unpaired) electrons. The Morgan fingerprint density at radius 3 is 2.21 bits per heavy atom. The van der Waals surface area contributed by atoms with E-state index in [0.717, 1.165) is 5.92 Å². The number of halogens is 1. The third kappa shape index (κ3) is 1.88. The second-order valence-corrected chi connectivity index (χ2v) is 6.10. The molecular formula is C13H17Br. The fourth-order valence-corrected chi connectivity index (χ4v) is 3.20. The minimum atomic E-state index is 0.540. The maximum absolute atomic E-state index is 3.81. The van der Waals surface area contributed by atoms with E-state index in [1.165, 1.54) is 17.5 Å². The van der Waals surface area contributed by atoms with Gasteiger partial charge in [0.2, 0.25) is 0 Å². The maximum Gasteiger partial charge on any atom is 0.0428 e. The highest BCUT2D eigenvalue weighted by atomic mass is 79.9. The summed E-state index contributed by atoms with van der Waals surface area (Å²) in [7, 11) is 0. The van der Waals surface area contributed by atoms with Gasteiger partial charge in [0.25, 0.3) is 0 Å². The number of benzene rings is 1. The zero-order chi connectivity index (χ0) is 10.3. The average Bonchev–Trinajstić information content (AvgIpc) is 2.75. The van der Waals surface area contributed by atoms with Crippen molar-refractivity contribution in [2.45, 2.75) is 32.0 Å². The molecule has 2 rings (SSSR count). The van der Waals surface area contributed by atoms with Crippen molar-refractivity contribution in [2.75, 3.05) is 0 Å². The van der Waals surface area contributed by atoms with Crippen LogP contribution < -0.4 is 0 Å². The average molecular weight is 253 g/mol. The number of alkyl halides is 1. The van der Waals surface area contributed by atoms with Crippen molar-refractivity contribution in [3.05, 3.63) is 35.4 Å². The van der Waals surface area contributed by atoms with Gasteiger partial charge < -0.3 is 0 Å². The smallest absolute Gasteiger partial charge is 0.0428 e. The Morgan fingerprint density at radius 1 is 1.29 bits per heavy atom. The van der Waals surface area contributed by atoms with Crippen LogP contribution >= 0.6 is 15.9 Å². The lowest BCUT2D eigenvalue weighted by Gasteiger charge is -2.12. The fraction of sp³-hybridized carbons (Fsp3) is 0.538. The largest absolute Gasteiger partial charge is 0.0836 e. The van der Waals surface area contributed by atoms with Crippen LogP contribution in [0.5, 0.6) is 0 Å². The van der Waals surface area contributed by atoms with E-state index in [0.29, 0.717) is 10.2 Å². The molecule has 1 fully saturated rings. The first-order valence-corrected chi connectivity index (χ1v) is 6.13. The first-order chi connectivity index (χ1) is 6.50. The lowest BCUT2D eigenvalue weighted by Crippen LogP contribution is -1.98. The van der Waals surface area contributed by atoms with E-state index >= 15 is 0 Å². The highest BCUT2D eigenvalue weighted by Gasteiger charge is 2.49. The van der Waals surface area contributed by atoms with Gasteiger partial charge in [0.05, 0.1) is 0 Å². The second-order valence-electron chi connectivity index (χ2n) is 5.11. The molecule has 0 amide bonds. The molecule has 0 N–H and O–H groups in total. The molecule has 0 spiro atoms. The van der Waals surface area contributed by atoms with E-state index in [-0.39, 0.29) is 0 Å². The first-order valence-electron chi connectivity index (χ1n) is 5.21. The maximum atomic E-state index is 3.81. The van der Waals surface area contributed by atoms with Crippen LogP contribution in [0.1, 0.15) is 36.2 Å². The van der Waals surface area contributed by atoms with Crippen LogP contribution in [0.15, 0.2) is 24.3 Å². The minimum absolute atomic E-state index is 0.540. The molecule has 0 heterocycles. The van der Waals surface area contributed by atoms with Crippen molar-refractivity contribution in [1.82, 2.24) is 0 Å². The summed E-state index contributed by atoms with van der Waals surface area (Å²) in [5.74, 6) is 0.810. The monoisotopic (exact) mass is 252 g/mol. The molecule has 0 aliphatic heterocycles. The summed E-state index contributed by atoms with van der Waals surface area (Å²) in [4.78, 5) is 0.540. The minimum Gasteiger partial charge on any atom is -0.0836 e. The van der Waals surface area contributed by atoms with Crippen LogP contribution in [0.3, 0.4) is 0 Å². The van der Waals surface area contributed by atoms with Crippen LogP contribution in [0.4, 0.5) is 0 Å². The molecule has 1 aliphatic carbocycles. The molecule has 1 aromatic carbocycles. The summed E-state index contributed by atoms with van der Waals surface area (Å²) >= 11 is 3.81. The van der Waals surface area contributed by atoms with E-state index in [1.807, 2.05) is 0 Å².